The van der Waals surface area contributed by atoms with Gasteiger partial charge in [-0.3, -0.25) is 4.79 Å². The van der Waals surface area contributed by atoms with Gasteiger partial charge in [-0.1, -0.05) is 54.2 Å². The second-order valence-electron chi connectivity index (χ2n) is 6.23. The van der Waals surface area contributed by atoms with E-state index in [1.807, 2.05) is 48.7 Å². The highest BCUT2D eigenvalue weighted by atomic mass is 32.2. The molecule has 0 saturated heterocycles. The van der Waals surface area contributed by atoms with Gasteiger partial charge < -0.3 is 9.88 Å². The minimum atomic E-state index is -0.291. The zero-order valence-corrected chi connectivity index (χ0v) is 16.0. The zero-order chi connectivity index (χ0) is 19.2. The van der Waals surface area contributed by atoms with E-state index in [1.54, 1.807) is 12.1 Å². The summed E-state index contributed by atoms with van der Waals surface area (Å²) in [5, 5.41) is 11.9. The minimum absolute atomic E-state index is 0.108. The van der Waals surface area contributed by atoms with Crippen molar-refractivity contribution in [3.8, 4) is 0 Å². The van der Waals surface area contributed by atoms with Gasteiger partial charge in [0.25, 0.3) is 0 Å². The molecule has 3 rings (SSSR count). The van der Waals surface area contributed by atoms with Gasteiger partial charge in [0.1, 0.15) is 11.6 Å². The van der Waals surface area contributed by atoms with Gasteiger partial charge in [-0.15, -0.1) is 10.2 Å². The molecule has 0 aliphatic heterocycles. The van der Waals surface area contributed by atoms with Gasteiger partial charge in [-0.2, -0.15) is 0 Å². The number of hydrogen-bond acceptors (Lipinski definition) is 4. The molecule has 5 nitrogen and oxygen atoms in total. The van der Waals surface area contributed by atoms with Crippen LogP contribution in [0.3, 0.4) is 0 Å². The van der Waals surface area contributed by atoms with Crippen LogP contribution in [-0.2, 0) is 11.3 Å². The van der Waals surface area contributed by atoms with Crippen LogP contribution in [0, 0.1) is 12.7 Å². The quantitative estimate of drug-likeness (QED) is 0.631. The lowest BCUT2D eigenvalue weighted by Gasteiger charge is -2.14. The number of benzene rings is 2. The molecule has 1 N–H and O–H groups in total. The lowest BCUT2D eigenvalue weighted by molar-refractivity contribution is -0.119. The average molecular weight is 384 g/mol. The summed E-state index contributed by atoms with van der Waals surface area (Å²) in [6.07, 6.45) is 0. The van der Waals surface area contributed by atoms with Crippen molar-refractivity contribution in [1.82, 2.24) is 20.1 Å². The Kier molecular flexibility index (Phi) is 6.24. The number of aromatic nitrogens is 3. The summed E-state index contributed by atoms with van der Waals surface area (Å²) in [4.78, 5) is 12.3. The third-order valence-electron chi connectivity index (χ3n) is 4.17. The van der Waals surface area contributed by atoms with E-state index in [2.05, 4.69) is 15.5 Å². The van der Waals surface area contributed by atoms with Crippen molar-refractivity contribution in [2.75, 3.05) is 5.75 Å². The van der Waals surface area contributed by atoms with E-state index in [0.717, 1.165) is 17.0 Å². The van der Waals surface area contributed by atoms with Gasteiger partial charge >= 0.3 is 0 Å². The molecule has 1 unspecified atom stereocenters. The van der Waals surface area contributed by atoms with Crippen LogP contribution in [0.2, 0.25) is 0 Å². The number of rotatable bonds is 7. The standard InChI is InChI=1S/C20H21FN4OS/c1-14(17-8-10-18(21)11-9-17)22-19(26)13-27-20-24-23-15(2)25(20)12-16-6-4-3-5-7-16/h3-11,14H,12-13H2,1-2H3,(H,22,26). The van der Waals surface area contributed by atoms with Gasteiger partial charge in [-0.05, 0) is 37.1 Å². The number of amides is 1. The molecule has 27 heavy (non-hydrogen) atoms. The van der Waals surface area contributed by atoms with E-state index in [1.165, 1.54) is 23.9 Å². The molecule has 1 atom stereocenters. The number of thioether (sulfide) groups is 1. The second kappa shape index (κ2) is 8.81. The molecule has 0 spiro atoms. The predicted octanol–water partition coefficient (Wildman–Crippen LogP) is 3.74. The van der Waals surface area contributed by atoms with Crippen LogP contribution < -0.4 is 5.32 Å². The number of halogens is 1. The second-order valence-corrected chi connectivity index (χ2v) is 7.17. The van der Waals surface area contributed by atoms with Crippen molar-refractivity contribution in [1.29, 1.82) is 0 Å². The average Bonchev–Trinajstić information content (AvgIpc) is 3.01. The van der Waals surface area contributed by atoms with Gasteiger partial charge in [-0.25, -0.2) is 4.39 Å². The maximum atomic E-state index is 13.0. The lowest BCUT2D eigenvalue weighted by Crippen LogP contribution is -2.28. The van der Waals surface area contributed by atoms with Crippen LogP contribution in [0.4, 0.5) is 4.39 Å². The third kappa shape index (κ3) is 5.17. The fraction of sp³-hybridized carbons (Fsp3) is 0.250. The predicted molar refractivity (Wildman–Crippen MR) is 104 cm³/mol. The molecule has 0 radical (unpaired) electrons. The Morgan fingerprint density at radius 2 is 1.85 bits per heavy atom. The smallest absolute Gasteiger partial charge is 0.230 e. The molecule has 1 heterocycles. The molecular weight excluding hydrogens is 363 g/mol. The van der Waals surface area contributed by atoms with Crippen LogP contribution in [0.25, 0.3) is 0 Å². The first kappa shape index (κ1) is 19.1. The molecule has 0 fully saturated rings. The maximum absolute atomic E-state index is 13.0. The van der Waals surface area contributed by atoms with Gasteiger partial charge in [0.2, 0.25) is 5.91 Å². The first-order valence-electron chi connectivity index (χ1n) is 8.64. The van der Waals surface area contributed by atoms with Crippen LogP contribution in [0.15, 0.2) is 59.8 Å². The third-order valence-corrected chi connectivity index (χ3v) is 5.13. The van der Waals surface area contributed by atoms with E-state index in [9.17, 15) is 9.18 Å². The van der Waals surface area contributed by atoms with Gasteiger partial charge in [0.15, 0.2) is 5.16 Å². The number of nitrogens with one attached hydrogen (secondary N) is 1. The highest BCUT2D eigenvalue weighted by Gasteiger charge is 2.14. The number of hydrogen-bond donors (Lipinski definition) is 1. The fourth-order valence-corrected chi connectivity index (χ4v) is 3.46. The fourth-order valence-electron chi connectivity index (χ4n) is 2.66. The molecule has 0 aliphatic rings. The van der Waals surface area contributed by atoms with Crippen LogP contribution in [0.1, 0.15) is 29.9 Å². The summed E-state index contributed by atoms with van der Waals surface area (Å²) < 4.78 is 15.0. The lowest BCUT2D eigenvalue weighted by atomic mass is 10.1. The monoisotopic (exact) mass is 384 g/mol. The van der Waals surface area contributed by atoms with Crippen molar-refractivity contribution in [2.45, 2.75) is 31.6 Å². The SMILES string of the molecule is Cc1nnc(SCC(=O)NC(C)c2ccc(F)cc2)n1Cc1ccccc1. The van der Waals surface area contributed by atoms with Gasteiger partial charge in [0, 0.05) is 0 Å². The van der Waals surface area contributed by atoms with E-state index >= 15 is 0 Å². The highest BCUT2D eigenvalue weighted by Crippen LogP contribution is 2.19. The largest absolute Gasteiger partial charge is 0.349 e. The molecule has 1 aromatic heterocycles. The molecule has 0 aliphatic carbocycles. The Balaban J connectivity index is 1.58. The summed E-state index contributed by atoms with van der Waals surface area (Å²) in [5.41, 5.74) is 2.01. The summed E-state index contributed by atoms with van der Waals surface area (Å²) in [7, 11) is 0. The normalized spacial score (nSPS) is 12.0. The van der Waals surface area contributed by atoms with Crippen LogP contribution >= 0.6 is 11.8 Å². The summed E-state index contributed by atoms with van der Waals surface area (Å²) in [5.74, 6) is 0.643. The Labute approximate surface area is 162 Å². The number of nitrogens with zero attached hydrogens (tertiary/aromatic N) is 3. The molecule has 3 aromatic rings. The molecule has 140 valence electrons. The van der Waals surface area contributed by atoms with E-state index in [4.69, 9.17) is 0 Å². The highest BCUT2D eigenvalue weighted by molar-refractivity contribution is 7.99. The van der Waals surface area contributed by atoms with Crippen LogP contribution in [-0.4, -0.2) is 26.4 Å². The molecule has 1 amide bonds. The Morgan fingerprint density at radius 1 is 1.15 bits per heavy atom. The topological polar surface area (TPSA) is 59.8 Å². The first-order chi connectivity index (χ1) is 13.0. The molecule has 2 aromatic carbocycles. The van der Waals surface area contributed by atoms with Crippen molar-refractivity contribution >= 4 is 17.7 Å². The molecule has 0 bridgehead atoms. The van der Waals surface area contributed by atoms with E-state index in [0.29, 0.717) is 11.7 Å². The van der Waals surface area contributed by atoms with Crippen molar-refractivity contribution in [3.05, 3.63) is 77.4 Å². The van der Waals surface area contributed by atoms with Crippen LogP contribution in [0.5, 0.6) is 0 Å². The Bertz CT molecular complexity index is 896. The zero-order valence-electron chi connectivity index (χ0n) is 15.2. The minimum Gasteiger partial charge on any atom is -0.349 e. The summed E-state index contributed by atoms with van der Waals surface area (Å²) in [6, 6.07) is 16.0. The molecule has 7 heteroatoms. The first-order valence-corrected chi connectivity index (χ1v) is 9.63. The van der Waals surface area contributed by atoms with Crippen molar-refractivity contribution in [3.63, 3.8) is 0 Å². The number of carbonyl (C=O) groups excluding carboxylic acids is 1. The molecule has 0 saturated carbocycles. The molecular formula is C20H21FN4OS. The van der Waals surface area contributed by atoms with Crippen molar-refractivity contribution < 1.29 is 9.18 Å². The number of carbonyl (C=O) groups is 1. The Morgan fingerprint density at radius 3 is 2.56 bits per heavy atom. The maximum Gasteiger partial charge on any atom is 0.230 e. The van der Waals surface area contributed by atoms with Crippen molar-refractivity contribution in [2.24, 2.45) is 0 Å². The van der Waals surface area contributed by atoms with E-state index in [-0.39, 0.29) is 23.5 Å². The Hall–Kier alpha value is -2.67. The van der Waals surface area contributed by atoms with E-state index < -0.39 is 0 Å². The number of aryl methyl sites for hydroxylation is 1. The summed E-state index contributed by atoms with van der Waals surface area (Å²) >= 11 is 1.35. The van der Waals surface area contributed by atoms with Gasteiger partial charge in [0.05, 0.1) is 18.3 Å². The summed E-state index contributed by atoms with van der Waals surface area (Å²) in [6.45, 7) is 4.43.